The first kappa shape index (κ1) is 15.1. The zero-order valence-corrected chi connectivity index (χ0v) is 11.7. The minimum Gasteiger partial charge on any atom is -0.371 e. The first-order chi connectivity index (χ1) is 7.14. The maximum Gasteiger partial charge on any atom is 0.517 e. The summed E-state index contributed by atoms with van der Waals surface area (Å²) < 4.78 is 11.6. The van der Waals surface area contributed by atoms with Gasteiger partial charge in [-0.05, 0) is 26.8 Å². The molecule has 0 heterocycles. The highest BCUT2D eigenvalue weighted by molar-refractivity contribution is 6.62. The Morgan fingerprint density at radius 1 is 1.07 bits per heavy atom. The lowest BCUT2D eigenvalue weighted by Crippen LogP contribution is -2.69. The van der Waals surface area contributed by atoms with Crippen LogP contribution < -0.4 is 9.96 Å². The van der Waals surface area contributed by atoms with E-state index in [0.717, 1.165) is 13.0 Å². The first-order valence-electron chi connectivity index (χ1n) is 5.94. The molecule has 1 unspecified atom stereocenters. The molecule has 0 bridgehead atoms. The van der Waals surface area contributed by atoms with E-state index in [9.17, 15) is 0 Å². The van der Waals surface area contributed by atoms with Crippen LogP contribution in [0, 0.1) is 0 Å². The molecule has 0 aromatic rings. The van der Waals surface area contributed by atoms with Crippen molar-refractivity contribution in [2.24, 2.45) is 0 Å². The van der Waals surface area contributed by atoms with Crippen LogP contribution in [0.5, 0.6) is 0 Å². The van der Waals surface area contributed by atoms with Gasteiger partial charge in [0.2, 0.25) is 0 Å². The van der Waals surface area contributed by atoms with Crippen LogP contribution in [0.2, 0.25) is 0 Å². The number of rotatable bonds is 9. The van der Waals surface area contributed by atoms with Crippen molar-refractivity contribution in [2.45, 2.75) is 47.1 Å². The smallest absolute Gasteiger partial charge is 0.371 e. The molecule has 0 saturated heterocycles. The summed E-state index contributed by atoms with van der Waals surface area (Å²) in [6.45, 7) is 12.6. The Kier molecular flexibility index (Phi) is 8.27. The summed E-state index contributed by atoms with van der Waals surface area (Å²) in [5, 5.41) is 0. The molecule has 5 heteroatoms. The molecule has 0 aliphatic carbocycles. The highest BCUT2D eigenvalue weighted by Crippen LogP contribution is 2.03. The minimum atomic E-state index is -2.38. The third kappa shape index (κ3) is 5.63. The van der Waals surface area contributed by atoms with Crippen LogP contribution in [0.3, 0.4) is 0 Å². The van der Waals surface area contributed by atoms with Crippen molar-refractivity contribution >= 4 is 8.88 Å². The van der Waals surface area contributed by atoms with E-state index < -0.39 is 8.88 Å². The Hall–Kier alpha value is 0.0569. The third-order valence-electron chi connectivity index (χ3n) is 2.15. The van der Waals surface area contributed by atoms with Crippen LogP contribution >= 0.6 is 0 Å². The molecule has 0 aliphatic heterocycles. The molecule has 92 valence electrons. The van der Waals surface area contributed by atoms with Gasteiger partial charge >= 0.3 is 8.88 Å². The summed E-state index contributed by atoms with van der Waals surface area (Å²) in [5.41, 5.74) is 0. The highest BCUT2D eigenvalue weighted by atomic mass is 28.4. The van der Waals surface area contributed by atoms with Crippen molar-refractivity contribution in [3.63, 3.8) is 0 Å². The molecule has 0 spiro atoms. The lowest BCUT2D eigenvalue weighted by molar-refractivity contribution is 0.155. The van der Waals surface area contributed by atoms with Gasteiger partial charge < -0.3 is 8.85 Å². The molecule has 0 aliphatic rings. The van der Waals surface area contributed by atoms with Crippen molar-refractivity contribution < 1.29 is 8.85 Å². The molecular formula is C10H26N2O2Si. The van der Waals surface area contributed by atoms with E-state index in [-0.39, 0.29) is 0 Å². The zero-order chi connectivity index (χ0) is 11.7. The molecule has 0 amide bonds. The second-order valence-electron chi connectivity index (χ2n) is 3.47. The first-order valence-corrected chi connectivity index (χ1v) is 7.76. The summed E-state index contributed by atoms with van der Waals surface area (Å²) in [5.74, 6) is 0. The van der Waals surface area contributed by atoms with Crippen molar-refractivity contribution in [2.75, 3.05) is 19.8 Å². The van der Waals surface area contributed by atoms with E-state index >= 15 is 0 Å². The van der Waals surface area contributed by atoms with Gasteiger partial charge in [-0.3, -0.25) is 9.96 Å². The molecule has 0 rings (SSSR count). The highest BCUT2D eigenvalue weighted by Gasteiger charge is 2.39. The SMILES string of the molecule is CCN[Si](NC(C)CC)(OCC)OCC. The summed E-state index contributed by atoms with van der Waals surface area (Å²) in [7, 11) is -2.38. The lowest BCUT2D eigenvalue weighted by atomic mass is 10.3. The van der Waals surface area contributed by atoms with E-state index in [0.29, 0.717) is 19.3 Å². The number of nitrogens with one attached hydrogen (secondary N) is 2. The third-order valence-corrected chi connectivity index (χ3v) is 5.24. The van der Waals surface area contributed by atoms with Gasteiger partial charge in [0.25, 0.3) is 0 Å². The molecule has 0 fully saturated rings. The average Bonchev–Trinajstić information content (AvgIpc) is 2.18. The summed E-state index contributed by atoms with van der Waals surface area (Å²) in [4.78, 5) is 6.81. The molecule has 1 atom stereocenters. The van der Waals surface area contributed by atoms with Crippen LogP contribution in [0.4, 0.5) is 0 Å². The van der Waals surface area contributed by atoms with Crippen LogP contribution in [0.25, 0.3) is 0 Å². The fourth-order valence-electron chi connectivity index (χ4n) is 1.34. The second kappa shape index (κ2) is 8.24. The predicted octanol–water partition coefficient (Wildman–Crippen LogP) is 1.49. The molecule has 0 aromatic heterocycles. The topological polar surface area (TPSA) is 42.5 Å². The van der Waals surface area contributed by atoms with Crippen LogP contribution in [0.1, 0.15) is 41.0 Å². The van der Waals surface area contributed by atoms with Crippen molar-refractivity contribution in [1.82, 2.24) is 9.96 Å². The average molecular weight is 234 g/mol. The van der Waals surface area contributed by atoms with E-state index in [1.165, 1.54) is 0 Å². The molecule has 4 nitrogen and oxygen atoms in total. The molecule has 15 heavy (non-hydrogen) atoms. The van der Waals surface area contributed by atoms with Gasteiger partial charge in [-0.25, -0.2) is 0 Å². The predicted molar refractivity (Wildman–Crippen MR) is 65.6 cm³/mol. The maximum atomic E-state index is 5.78. The van der Waals surface area contributed by atoms with E-state index in [1.807, 2.05) is 13.8 Å². The molecule has 2 N–H and O–H groups in total. The quantitative estimate of drug-likeness (QED) is 0.593. The molecule has 0 saturated carbocycles. The fourth-order valence-corrected chi connectivity index (χ4v) is 4.03. The Morgan fingerprint density at radius 3 is 1.93 bits per heavy atom. The van der Waals surface area contributed by atoms with Crippen molar-refractivity contribution in [3.8, 4) is 0 Å². The normalized spacial score (nSPS) is 14.2. The zero-order valence-electron chi connectivity index (χ0n) is 10.7. The van der Waals surface area contributed by atoms with Gasteiger partial charge in [0.15, 0.2) is 0 Å². The Morgan fingerprint density at radius 2 is 1.60 bits per heavy atom. The van der Waals surface area contributed by atoms with Gasteiger partial charge in [-0.2, -0.15) is 0 Å². The van der Waals surface area contributed by atoms with Gasteiger partial charge in [-0.15, -0.1) is 0 Å². The Labute approximate surface area is 95.1 Å². The van der Waals surface area contributed by atoms with E-state index in [2.05, 4.69) is 30.7 Å². The Balaban J connectivity index is 4.44. The minimum absolute atomic E-state index is 0.411. The molecular weight excluding hydrogens is 208 g/mol. The fraction of sp³-hybridized carbons (Fsp3) is 1.00. The Bertz CT molecular complexity index is 141. The molecule has 0 radical (unpaired) electrons. The van der Waals surface area contributed by atoms with Crippen LogP contribution in [-0.2, 0) is 8.85 Å². The lowest BCUT2D eigenvalue weighted by Gasteiger charge is -2.32. The van der Waals surface area contributed by atoms with Crippen LogP contribution in [-0.4, -0.2) is 34.7 Å². The van der Waals surface area contributed by atoms with E-state index in [1.54, 1.807) is 0 Å². The van der Waals surface area contributed by atoms with Crippen molar-refractivity contribution in [1.29, 1.82) is 0 Å². The van der Waals surface area contributed by atoms with Gasteiger partial charge in [0.1, 0.15) is 0 Å². The second-order valence-corrected chi connectivity index (χ2v) is 5.92. The summed E-state index contributed by atoms with van der Waals surface area (Å²) in [6.07, 6.45) is 1.07. The van der Waals surface area contributed by atoms with Gasteiger partial charge in [-0.1, -0.05) is 20.8 Å². The summed E-state index contributed by atoms with van der Waals surface area (Å²) in [6, 6.07) is 0.411. The standard InChI is InChI=1S/C10H26N2O2Si/c1-6-10(5)12-15(11-7-2,13-8-3)14-9-4/h10-12H,6-9H2,1-5H3. The van der Waals surface area contributed by atoms with Gasteiger partial charge in [0, 0.05) is 19.3 Å². The summed E-state index contributed by atoms with van der Waals surface area (Å²) >= 11 is 0. The van der Waals surface area contributed by atoms with E-state index in [4.69, 9.17) is 8.85 Å². The molecule has 0 aromatic carbocycles. The number of hydrogen-bond acceptors (Lipinski definition) is 4. The largest absolute Gasteiger partial charge is 0.517 e. The number of hydrogen-bond donors (Lipinski definition) is 2. The van der Waals surface area contributed by atoms with Crippen LogP contribution in [0.15, 0.2) is 0 Å². The van der Waals surface area contributed by atoms with Gasteiger partial charge in [0.05, 0.1) is 0 Å². The monoisotopic (exact) mass is 234 g/mol. The van der Waals surface area contributed by atoms with Crippen molar-refractivity contribution in [3.05, 3.63) is 0 Å². The maximum absolute atomic E-state index is 5.78.